The van der Waals surface area contributed by atoms with Crippen LogP contribution in [0.3, 0.4) is 0 Å². The van der Waals surface area contributed by atoms with E-state index in [9.17, 15) is 14.7 Å². The molecular weight excluding hydrogens is 414 g/mol. The van der Waals surface area contributed by atoms with E-state index in [2.05, 4.69) is 0 Å². The monoisotopic (exact) mass is 441 g/mol. The lowest BCUT2D eigenvalue weighted by Gasteiger charge is -2.27. The fourth-order valence-electron chi connectivity index (χ4n) is 4.34. The number of ketones is 1. The highest BCUT2D eigenvalue weighted by atomic mass is 16.5. The molecule has 5 heteroatoms. The largest absolute Gasteiger partial charge is 0.507 e. The van der Waals surface area contributed by atoms with Gasteiger partial charge in [-0.05, 0) is 68.7 Å². The number of rotatable bonds is 5. The van der Waals surface area contributed by atoms with Crippen LogP contribution in [0.2, 0.25) is 0 Å². The Bertz CT molecular complexity index is 1270. The number of aliphatic hydroxyl groups is 1. The average Bonchev–Trinajstić information content (AvgIpc) is 3.06. The van der Waals surface area contributed by atoms with Gasteiger partial charge in [0.25, 0.3) is 11.7 Å². The molecule has 1 atom stereocenters. The van der Waals surface area contributed by atoms with E-state index in [-0.39, 0.29) is 11.3 Å². The predicted molar refractivity (Wildman–Crippen MR) is 129 cm³/mol. The Hall–Kier alpha value is -3.86. The number of ether oxygens (including phenoxy) is 1. The fourth-order valence-corrected chi connectivity index (χ4v) is 4.34. The minimum atomic E-state index is -0.738. The van der Waals surface area contributed by atoms with Crippen molar-refractivity contribution in [2.24, 2.45) is 0 Å². The van der Waals surface area contributed by atoms with Gasteiger partial charge >= 0.3 is 0 Å². The van der Waals surface area contributed by atoms with Crippen LogP contribution >= 0.6 is 0 Å². The molecule has 1 aliphatic heterocycles. The molecule has 5 nitrogen and oxygen atoms in total. The van der Waals surface area contributed by atoms with Gasteiger partial charge in [0, 0.05) is 11.3 Å². The number of nitrogens with zero attached hydrogens (tertiary/aromatic N) is 1. The van der Waals surface area contributed by atoms with Gasteiger partial charge in [0.1, 0.15) is 11.5 Å². The van der Waals surface area contributed by atoms with Gasteiger partial charge in [-0.15, -0.1) is 0 Å². The second kappa shape index (κ2) is 8.94. The Kier molecular flexibility index (Phi) is 6.05. The molecule has 0 radical (unpaired) electrons. The van der Waals surface area contributed by atoms with Crippen molar-refractivity contribution in [3.8, 4) is 5.75 Å². The number of amides is 1. The standard InChI is InChI=1S/C28H27NO4/c1-5-33-23-14-13-21(16-19(23)4)26(30)24-25(20-11-8-9-17(2)15-20)29(28(32)27(24)31)22-12-7-6-10-18(22)3/h6-16,25,30H,5H2,1-4H3/b26-24-. The molecule has 168 valence electrons. The van der Waals surface area contributed by atoms with Crippen LogP contribution in [0.1, 0.15) is 40.8 Å². The van der Waals surface area contributed by atoms with Crippen LogP contribution in [-0.2, 0) is 9.59 Å². The third-order valence-corrected chi connectivity index (χ3v) is 5.93. The molecule has 0 aliphatic carbocycles. The summed E-state index contributed by atoms with van der Waals surface area (Å²) in [5.74, 6) is -0.833. The topological polar surface area (TPSA) is 66.8 Å². The summed E-state index contributed by atoms with van der Waals surface area (Å²) in [6.45, 7) is 8.17. The van der Waals surface area contributed by atoms with E-state index in [4.69, 9.17) is 4.74 Å². The number of aliphatic hydroxyl groups excluding tert-OH is 1. The Morgan fingerprint density at radius 3 is 2.36 bits per heavy atom. The second-order valence-corrected chi connectivity index (χ2v) is 8.28. The quantitative estimate of drug-likeness (QED) is 0.316. The molecule has 0 bridgehead atoms. The van der Waals surface area contributed by atoms with E-state index in [1.807, 2.05) is 76.2 Å². The summed E-state index contributed by atoms with van der Waals surface area (Å²) in [4.78, 5) is 28.1. The summed E-state index contributed by atoms with van der Waals surface area (Å²) in [6, 6.07) is 19.6. The lowest BCUT2D eigenvalue weighted by molar-refractivity contribution is -0.132. The number of anilines is 1. The van der Waals surface area contributed by atoms with E-state index in [0.29, 0.717) is 23.6 Å². The van der Waals surface area contributed by atoms with Crippen LogP contribution in [0.25, 0.3) is 5.76 Å². The zero-order chi connectivity index (χ0) is 23.7. The first-order valence-corrected chi connectivity index (χ1v) is 11.0. The first kappa shape index (κ1) is 22.3. The molecule has 1 saturated heterocycles. The zero-order valence-electron chi connectivity index (χ0n) is 19.3. The smallest absolute Gasteiger partial charge is 0.300 e. The zero-order valence-corrected chi connectivity index (χ0v) is 19.3. The minimum Gasteiger partial charge on any atom is -0.507 e. The molecule has 4 rings (SSSR count). The fraction of sp³-hybridized carbons (Fsp3) is 0.214. The third kappa shape index (κ3) is 4.02. The van der Waals surface area contributed by atoms with Crippen molar-refractivity contribution in [1.82, 2.24) is 0 Å². The van der Waals surface area contributed by atoms with Crippen LogP contribution < -0.4 is 9.64 Å². The molecule has 0 aromatic heterocycles. The summed E-state index contributed by atoms with van der Waals surface area (Å²) in [7, 11) is 0. The van der Waals surface area contributed by atoms with Crippen molar-refractivity contribution < 1.29 is 19.4 Å². The maximum atomic E-state index is 13.3. The molecule has 3 aromatic carbocycles. The summed E-state index contributed by atoms with van der Waals surface area (Å²) in [6.07, 6.45) is 0. The van der Waals surface area contributed by atoms with E-state index >= 15 is 0 Å². The van der Waals surface area contributed by atoms with Crippen LogP contribution in [0.5, 0.6) is 5.75 Å². The van der Waals surface area contributed by atoms with Gasteiger partial charge in [-0.1, -0.05) is 48.0 Å². The highest BCUT2D eigenvalue weighted by Crippen LogP contribution is 2.43. The number of hydrogen-bond donors (Lipinski definition) is 1. The molecule has 1 fully saturated rings. The van der Waals surface area contributed by atoms with Crippen molar-refractivity contribution in [3.05, 3.63) is 100 Å². The second-order valence-electron chi connectivity index (χ2n) is 8.28. The summed E-state index contributed by atoms with van der Waals surface area (Å²) in [5, 5.41) is 11.3. The van der Waals surface area contributed by atoms with Crippen molar-refractivity contribution in [2.45, 2.75) is 33.7 Å². The lowest BCUT2D eigenvalue weighted by atomic mass is 9.93. The van der Waals surface area contributed by atoms with E-state index in [1.165, 1.54) is 4.90 Å². The molecular formula is C28H27NO4. The van der Waals surface area contributed by atoms with Gasteiger partial charge < -0.3 is 9.84 Å². The van der Waals surface area contributed by atoms with Crippen molar-refractivity contribution in [2.75, 3.05) is 11.5 Å². The van der Waals surface area contributed by atoms with Gasteiger partial charge in [0.05, 0.1) is 18.2 Å². The minimum absolute atomic E-state index is 0.0809. The average molecular weight is 442 g/mol. The Balaban J connectivity index is 1.94. The van der Waals surface area contributed by atoms with Crippen LogP contribution in [-0.4, -0.2) is 23.4 Å². The lowest BCUT2D eigenvalue weighted by Crippen LogP contribution is -2.30. The van der Waals surface area contributed by atoms with Crippen molar-refractivity contribution in [1.29, 1.82) is 0 Å². The number of carbonyl (C=O) groups is 2. The summed E-state index contributed by atoms with van der Waals surface area (Å²) < 4.78 is 5.60. The first-order chi connectivity index (χ1) is 15.8. The predicted octanol–water partition coefficient (Wildman–Crippen LogP) is 5.64. The van der Waals surface area contributed by atoms with Gasteiger partial charge in [-0.2, -0.15) is 0 Å². The Morgan fingerprint density at radius 2 is 1.70 bits per heavy atom. The highest BCUT2D eigenvalue weighted by molar-refractivity contribution is 6.51. The number of carbonyl (C=O) groups excluding carboxylic acids is 2. The van der Waals surface area contributed by atoms with E-state index in [1.54, 1.807) is 18.2 Å². The number of para-hydroxylation sites is 1. The molecule has 1 heterocycles. The van der Waals surface area contributed by atoms with Gasteiger partial charge in [0.2, 0.25) is 0 Å². The molecule has 1 aliphatic rings. The van der Waals surface area contributed by atoms with Crippen LogP contribution in [0.4, 0.5) is 5.69 Å². The Labute approximate surface area is 193 Å². The molecule has 0 spiro atoms. The van der Waals surface area contributed by atoms with Gasteiger partial charge in [0.15, 0.2) is 0 Å². The molecule has 1 amide bonds. The van der Waals surface area contributed by atoms with E-state index in [0.717, 1.165) is 22.3 Å². The molecule has 0 saturated carbocycles. The maximum absolute atomic E-state index is 13.3. The first-order valence-electron chi connectivity index (χ1n) is 11.0. The number of aryl methyl sites for hydroxylation is 3. The number of benzene rings is 3. The number of Topliss-reactive ketones (excluding diaryl/α,β-unsaturated/α-hetero) is 1. The van der Waals surface area contributed by atoms with Crippen molar-refractivity contribution >= 4 is 23.1 Å². The highest BCUT2D eigenvalue weighted by Gasteiger charge is 2.47. The molecule has 1 unspecified atom stereocenters. The number of hydrogen-bond acceptors (Lipinski definition) is 4. The van der Waals surface area contributed by atoms with Crippen LogP contribution in [0.15, 0.2) is 72.3 Å². The van der Waals surface area contributed by atoms with Gasteiger partial charge in [-0.25, -0.2) is 0 Å². The normalized spacial score (nSPS) is 17.5. The molecule has 3 aromatic rings. The van der Waals surface area contributed by atoms with E-state index < -0.39 is 17.7 Å². The van der Waals surface area contributed by atoms with Crippen molar-refractivity contribution in [3.63, 3.8) is 0 Å². The van der Waals surface area contributed by atoms with Crippen LogP contribution in [0, 0.1) is 20.8 Å². The summed E-state index contributed by atoms with van der Waals surface area (Å²) >= 11 is 0. The van der Waals surface area contributed by atoms with Gasteiger partial charge in [-0.3, -0.25) is 14.5 Å². The molecule has 1 N–H and O–H groups in total. The SMILES string of the molecule is CCOc1ccc(/C(O)=C2/C(=O)C(=O)N(c3ccccc3C)C2c2cccc(C)c2)cc1C. The molecule has 33 heavy (non-hydrogen) atoms. The third-order valence-electron chi connectivity index (χ3n) is 5.93. The Morgan fingerprint density at radius 1 is 0.939 bits per heavy atom. The maximum Gasteiger partial charge on any atom is 0.300 e. The summed E-state index contributed by atoms with van der Waals surface area (Å²) in [5.41, 5.74) is 4.67.